The van der Waals surface area contributed by atoms with Crippen LogP contribution >= 0.6 is 0 Å². The van der Waals surface area contributed by atoms with Crippen molar-refractivity contribution < 1.29 is 33.7 Å². The Hall–Kier alpha value is -4.25. The Morgan fingerprint density at radius 3 is 2.78 bits per heavy atom. The number of nitrogens with zero attached hydrogens (tertiary/aromatic N) is 2. The molecule has 0 saturated carbocycles. The first kappa shape index (κ1) is 23.5. The maximum atomic E-state index is 13.2. The molecule has 0 spiro atoms. The molecule has 4 heterocycles. The van der Waals surface area contributed by atoms with E-state index in [1.807, 2.05) is 6.07 Å². The molecule has 0 radical (unpaired) electrons. The summed E-state index contributed by atoms with van der Waals surface area (Å²) in [5.74, 6) is -1.13. The number of benzene rings is 1. The van der Waals surface area contributed by atoms with Crippen LogP contribution in [0.1, 0.15) is 37.0 Å². The maximum absolute atomic E-state index is 13.2. The van der Waals surface area contributed by atoms with Gasteiger partial charge in [-0.15, -0.1) is 0 Å². The first-order valence-electron chi connectivity index (χ1n) is 11.3. The number of nitrogens with one attached hydrogen (secondary N) is 1. The minimum absolute atomic E-state index is 0.0640. The zero-order chi connectivity index (χ0) is 25.8. The number of aliphatic hydroxyl groups is 1. The molecule has 1 amide bonds. The third-order valence-electron chi connectivity index (χ3n) is 6.58. The smallest absolute Gasteiger partial charge is 0.413 e. The van der Waals surface area contributed by atoms with E-state index >= 15 is 0 Å². The van der Waals surface area contributed by atoms with Crippen LogP contribution in [0.4, 0.5) is 4.79 Å². The van der Waals surface area contributed by atoms with Gasteiger partial charge in [0.15, 0.2) is 5.60 Å². The van der Waals surface area contributed by atoms with E-state index in [2.05, 4.69) is 10.1 Å². The molecule has 11 heteroatoms. The summed E-state index contributed by atoms with van der Waals surface area (Å²) >= 11 is 0. The van der Waals surface area contributed by atoms with Gasteiger partial charge in [0.1, 0.15) is 18.4 Å². The number of fused-ring (bicyclic) bond motifs is 5. The lowest BCUT2D eigenvalue weighted by Crippen LogP contribution is -2.44. The number of hydrogen-bond donors (Lipinski definition) is 2. The maximum Gasteiger partial charge on any atom is 0.413 e. The van der Waals surface area contributed by atoms with Crippen LogP contribution in [-0.2, 0) is 37.8 Å². The minimum atomic E-state index is -1.89. The van der Waals surface area contributed by atoms with Gasteiger partial charge < -0.3 is 29.2 Å². The molecule has 0 fully saturated rings. The molecule has 5 rings (SSSR count). The van der Waals surface area contributed by atoms with Gasteiger partial charge in [0.25, 0.3) is 5.56 Å². The molecule has 186 valence electrons. The van der Waals surface area contributed by atoms with Crippen molar-refractivity contribution in [3.05, 3.63) is 57.4 Å². The van der Waals surface area contributed by atoms with Crippen LogP contribution < -0.4 is 15.6 Å². The average Bonchev–Trinajstić information content (AvgIpc) is 3.22. The molecule has 2 aliphatic rings. The lowest BCUT2D eigenvalue weighted by molar-refractivity contribution is -0.172. The third-order valence-corrected chi connectivity index (χ3v) is 6.58. The molecule has 1 unspecified atom stereocenters. The summed E-state index contributed by atoms with van der Waals surface area (Å²) in [6, 6.07) is 7.48. The largest absolute Gasteiger partial charge is 0.467 e. The molecule has 2 aromatic heterocycles. The Morgan fingerprint density at radius 2 is 2.06 bits per heavy atom. The van der Waals surface area contributed by atoms with Crippen molar-refractivity contribution in [1.82, 2.24) is 14.9 Å². The number of rotatable bonds is 4. The predicted molar refractivity (Wildman–Crippen MR) is 125 cm³/mol. The highest BCUT2D eigenvalue weighted by Crippen LogP contribution is 2.38. The molecular weight excluding hydrogens is 470 g/mol. The van der Waals surface area contributed by atoms with Crippen molar-refractivity contribution in [3.63, 3.8) is 0 Å². The third kappa shape index (κ3) is 3.59. The van der Waals surface area contributed by atoms with E-state index in [0.717, 1.165) is 5.56 Å². The van der Waals surface area contributed by atoms with Gasteiger partial charge in [-0.3, -0.25) is 4.79 Å². The first-order valence-corrected chi connectivity index (χ1v) is 11.3. The molecule has 11 nitrogen and oxygen atoms in total. The second kappa shape index (κ2) is 8.45. The Labute approximate surface area is 204 Å². The van der Waals surface area contributed by atoms with Crippen molar-refractivity contribution in [3.8, 4) is 17.1 Å². The van der Waals surface area contributed by atoms with Gasteiger partial charge >= 0.3 is 18.0 Å². The standard InChI is InChI=1S/C25H23N3O8/c1-4-25(33)17-9-19-20-14(10-28(19)21(29)16(17)11-35-23(25)31)7-13-8-15(5-6-18(13)27-20)36-24(32)26-12(2)22(30)34-3/h5-9,12,33H,4,10-11H2,1-3H3,(H,26,32)/t12?,25-/m0/s1. The molecule has 1 aromatic carbocycles. The average molecular weight is 493 g/mol. The summed E-state index contributed by atoms with van der Waals surface area (Å²) in [6.07, 6.45) is -0.750. The number of pyridine rings is 2. The molecule has 0 saturated heterocycles. The second-order valence-electron chi connectivity index (χ2n) is 8.73. The van der Waals surface area contributed by atoms with Gasteiger partial charge in [0.2, 0.25) is 0 Å². The number of ether oxygens (including phenoxy) is 3. The number of cyclic esters (lactones) is 1. The fraction of sp³-hybridized carbons (Fsp3) is 0.320. The number of carbonyl (C=O) groups excluding carboxylic acids is 3. The predicted octanol–water partition coefficient (Wildman–Crippen LogP) is 1.73. The highest BCUT2D eigenvalue weighted by molar-refractivity contribution is 5.88. The summed E-state index contributed by atoms with van der Waals surface area (Å²) in [5.41, 5.74) is 0.700. The van der Waals surface area contributed by atoms with Crippen molar-refractivity contribution in [2.75, 3.05) is 7.11 Å². The van der Waals surface area contributed by atoms with Crippen LogP contribution in [0.2, 0.25) is 0 Å². The fourth-order valence-corrected chi connectivity index (χ4v) is 4.58. The summed E-state index contributed by atoms with van der Waals surface area (Å²) in [7, 11) is 1.22. The van der Waals surface area contributed by atoms with Crippen molar-refractivity contribution >= 4 is 28.9 Å². The Morgan fingerprint density at radius 1 is 1.28 bits per heavy atom. The van der Waals surface area contributed by atoms with Gasteiger partial charge in [0.05, 0.1) is 36.1 Å². The summed E-state index contributed by atoms with van der Waals surface area (Å²) in [4.78, 5) is 53.9. The van der Waals surface area contributed by atoms with Crippen LogP contribution in [0.5, 0.6) is 5.75 Å². The van der Waals surface area contributed by atoms with Gasteiger partial charge in [-0.05, 0) is 43.7 Å². The second-order valence-corrected chi connectivity index (χ2v) is 8.73. The minimum Gasteiger partial charge on any atom is -0.467 e. The zero-order valence-electron chi connectivity index (χ0n) is 19.8. The molecule has 3 aromatic rings. The van der Waals surface area contributed by atoms with Gasteiger partial charge in [-0.25, -0.2) is 19.4 Å². The summed E-state index contributed by atoms with van der Waals surface area (Å²) in [6.45, 7) is 3.18. The van der Waals surface area contributed by atoms with Gasteiger partial charge in [0, 0.05) is 16.5 Å². The molecule has 0 bridgehead atoms. The summed E-state index contributed by atoms with van der Waals surface area (Å²) < 4.78 is 16.5. The number of carbonyl (C=O) groups is 3. The lowest BCUT2D eigenvalue weighted by Gasteiger charge is -2.31. The van der Waals surface area contributed by atoms with E-state index in [0.29, 0.717) is 22.3 Å². The molecule has 36 heavy (non-hydrogen) atoms. The number of amides is 1. The highest BCUT2D eigenvalue weighted by atomic mass is 16.6. The van der Waals surface area contributed by atoms with Crippen LogP contribution in [0.3, 0.4) is 0 Å². The van der Waals surface area contributed by atoms with Crippen LogP contribution in [-0.4, -0.2) is 45.8 Å². The quantitative estimate of drug-likeness (QED) is 0.406. The van der Waals surface area contributed by atoms with Crippen molar-refractivity contribution in [1.29, 1.82) is 0 Å². The number of aromatic nitrogens is 2. The highest BCUT2D eigenvalue weighted by Gasteiger charge is 2.45. The molecule has 2 aliphatic heterocycles. The lowest BCUT2D eigenvalue weighted by atomic mass is 9.86. The van der Waals surface area contributed by atoms with E-state index in [1.165, 1.54) is 14.0 Å². The summed E-state index contributed by atoms with van der Waals surface area (Å²) in [5, 5.41) is 14.0. The molecule has 0 aliphatic carbocycles. The van der Waals surface area contributed by atoms with Crippen molar-refractivity contribution in [2.45, 2.75) is 45.1 Å². The normalized spacial score (nSPS) is 18.5. The molecule has 2 atom stereocenters. The Balaban J connectivity index is 1.50. The topological polar surface area (TPSA) is 146 Å². The van der Waals surface area contributed by atoms with Crippen LogP contribution in [0.25, 0.3) is 22.3 Å². The van der Waals surface area contributed by atoms with Gasteiger partial charge in [-0.2, -0.15) is 0 Å². The number of esters is 2. The SMILES string of the molecule is CC[C@@]1(O)C(=O)OCc2c1cc1n(c2=O)Cc2cc3cc(OC(=O)NC(C)C(=O)OC)ccc3nc2-1. The van der Waals surface area contributed by atoms with E-state index < -0.39 is 29.7 Å². The fourth-order valence-electron chi connectivity index (χ4n) is 4.58. The first-order chi connectivity index (χ1) is 17.2. The monoisotopic (exact) mass is 493 g/mol. The van der Waals surface area contributed by atoms with E-state index in [-0.39, 0.29) is 42.0 Å². The van der Waals surface area contributed by atoms with Crippen LogP contribution in [0, 0.1) is 0 Å². The molecular formula is C25H23N3O8. The number of methoxy groups -OCH3 is 1. The van der Waals surface area contributed by atoms with Crippen LogP contribution in [0.15, 0.2) is 35.1 Å². The van der Waals surface area contributed by atoms with Crippen molar-refractivity contribution in [2.24, 2.45) is 0 Å². The zero-order valence-corrected chi connectivity index (χ0v) is 19.8. The van der Waals surface area contributed by atoms with E-state index in [9.17, 15) is 24.3 Å². The number of hydrogen-bond acceptors (Lipinski definition) is 9. The van der Waals surface area contributed by atoms with Gasteiger partial charge in [-0.1, -0.05) is 6.92 Å². The molecule has 2 N–H and O–H groups in total. The Bertz CT molecular complexity index is 1510. The van der Waals surface area contributed by atoms with E-state index in [4.69, 9.17) is 14.5 Å². The van der Waals surface area contributed by atoms with E-state index in [1.54, 1.807) is 35.8 Å². The Kier molecular flexibility index (Phi) is 5.51.